The second-order valence-electron chi connectivity index (χ2n) is 8.27. The van der Waals surface area contributed by atoms with Gasteiger partial charge in [-0.3, -0.25) is 4.99 Å². The zero-order valence-corrected chi connectivity index (χ0v) is 21.9. The third-order valence-electron chi connectivity index (χ3n) is 5.61. The van der Waals surface area contributed by atoms with E-state index in [1.54, 1.807) is 48.6 Å². The first-order valence-corrected chi connectivity index (χ1v) is 12.7. The largest absolute Gasteiger partial charge is 0.508 e. The molecule has 3 aromatic carbocycles. The molecule has 8 heteroatoms. The molecule has 0 spiro atoms. The molecular formula is C30H28N2O5S. The number of hydrogen-bond acceptors (Lipinski definition) is 8. The molecule has 7 nitrogen and oxygen atoms in total. The Bertz CT molecular complexity index is 1530. The number of phenolic OH excluding ortho intramolecular Hbond substituents is 2. The standard InChI is InChI=1S/C30H28N2O5S/c1-36-27-16-21(9-12-25(27)34)8-11-24(33)18-23-19-29(22-10-13-26(35)28(17-22)37-2)38-30(32-23)31-15-14-20-6-4-3-5-7-20/h3-13,16-19,33-35H,14-15H2,1-2H3/b11-8+,24-18-,31-30?. The van der Waals surface area contributed by atoms with Crippen molar-refractivity contribution in [2.24, 2.45) is 4.99 Å². The van der Waals surface area contributed by atoms with Gasteiger partial charge in [0, 0.05) is 17.5 Å². The van der Waals surface area contributed by atoms with E-state index in [1.807, 2.05) is 24.3 Å². The second-order valence-corrected chi connectivity index (χ2v) is 9.28. The number of aliphatic hydroxyl groups excluding tert-OH is 1. The highest BCUT2D eigenvalue weighted by Gasteiger charge is 2.08. The number of aromatic hydroxyl groups is 2. The summed E-state index contributed by atoms with van der Waals surface area (Å²) in [5, 5.41) is 30.4. The van der Waals surface area contributed by atoms with Crippen molar-refractivity contribution in [2.75, 3.05) is 20.8 Å². The van der Waals surface area contributed by atoms with Gasteiger partial charge in [0.15, 0.2) is 23.0 Å². The van der Waals surface area contributed by atoms with Gasteiger partial charge in [-0.05, 0) is 65.6 Å². The Balaban J connectivity index is 1.67. The van der Waals surface area contributed by atoms with Crippen molar-refractivity contribution in [3.05, 3.63) is 106 Å². The molecule has 4 rings (SSSR count). The number of hydrogen-bond donors (Lipinski definition) is 3. The molecule has 0 aliphatic rings. The minimum absolute atomic E-state index is 0.00906. The number of benzene rings is 3. The van der Waals surface area contributed by atoms with Crippen LogP contribution < -0.4 is 14.3 Å². The third-order valence-corrected chi connectivity index (χ3v) is 6.58. The number of aliphatic hydroxyl groups is 1. The molecule has 0 fully saturated rings. The molecule has 4 aromatic rings. The monoisotopic (exact) mass is 528 g/mol. The van der Waals surface area contributed by atoms with Crippen molar-refractivity contribution < 1.29 is 24.8 Å². The van der Waals surface area contributed by atoms with Crippen molar-refractivity contribution in [2.45, 2.75) is 6.42 Å². The first-order valence-electron chi connectivity index (χ1n) is 11.8. The minimum Gasteiger partial charge on any atom is -0.508 e. The summed E-state index contributed by atoms with van der Waals surface area (Å²) in [6.45, 7) is 0.563. The zero-order chi connectivity index (χ0) is 26.9. The quantitative estimate of drug-likeness (QED) is 0.182. The van der Waals surface area contributed by atoms with Crippen molar-refractivity contribution >= 4 is 23.5 Å². The van der Waals surface area contributed by atoms with Gasteiger partial charge < -0.3 is 24.8 Å². The molecule has 0 amide bonds. The van der Waals surface area contributed by atoms with E-state index in [9.17, 15) is 15.3 Å². The first-order chi connectivity index (χ1) is 18.4. The lowest BCUT2D eigenvalue weighted by Crippen LogP contribution is -2.07. The molecular weight excluding hydrogens is 500 g/mol. The fourth-order valence-corrected chi connectivity index (χ4v) is 4.57. The van der Waals surface area contributed by atoms with Crippen LogP contribution >= 0.6 is 11.3 Å². The van der Waals surface area contributed by atoms with E-state index in [0.29, 0.717) is 28.5 Å². The molecule has 0 atom stereocenters. The molecule has 0 aliphatic heterocycles. The average Bonchev–Trinajstić information content (AvgIpc) is 2.93. The SMILES string of the molecule is COc1cc(/C=C/C(O)=C/c2cc(-c3ccc(O)c(OC)c3)sc(=NCCc3ccccc3)n2)ccc1O. The van der Waals surface area contributed by atoms with Crippen molar-refractivity contribution in [1.29, 1.82) is 0 Å². The van der Waals surface area contributed by atoms with E-state index in [-0.39, 0.29) is 17.3 Å². The summed E-state index contributed by atoms with van der Waals surface area (Å²) in [6, 6.07) is 22.0. The van der Waals surface area contributed by atoms with E-state index >= 15 is 0 Å². The smallest absolute Gasteiger partial charge is 0.205 e. The predicted molar refractivity (Wildman–Crippen MR) is 151 cm³/mol. The molecule has 0 bridgehead atoms. The topological polar surface area (TPSA) is 104 Å². The number of ether oxygens (including phenoxy) is 2. The fraction of sp³-hybridized carbons (Fsp3) is 0.133. The Morgan fingerprint density at radius 2 is 1.63 bits per heavy atom. The molecule has 0 unspecified atom stereocenters. The average molecular weight is 529 g/mol. The maximum atomic E-state index is 10.6. The van der Waals surface area contributed by atoms with Crippen molar-refractivity contribution in [3.8, 4) is 33.4 Å². The summed E-state index contributed by atoms with van der Waals surface area (Å²) in [7, 11) is 2.98. The van der Waals surface area contributed by atoms with Gasteiger partial charge >= 0.3 is 0 Å². The maximum absolute atomic E-state index is 10.6. The number of allylic oxidation sites excluding steroid dienone is 1. The normalized spacial score (nSPS) is 12.2. The maximum Gasteiger partial charge on any atom is 0.205 e. The molecule has 0 saturated carbocycles. The van der Waals surface area contributed by atoms with Crippen LogP contribution in [-0.4, -0.2) is 41.1 Å². The molecule has 3 N–H and O–H groups in total. The Morgan fingerprint density at radius 3 is 2.37 bits per heavy atom. The molecule has 0 radical (unpaired) electrons. The van der Waals surface area contributed by atoms with E-state index < -0.39 is 0 Å². The molecule has 1 aromatic heterocycles. The van der Waals surface area contributed by atoms with Gasteiger partial charge in [-0.25, -0.2) is 4.98 Å². The highest BCUT2D eigenvalue weighted by molar-refractivity contribution is 7.12. The lowest BCUT2D eigenvalue weighted by Gasteiger charge is -2.07. The van der Waals surface area contributed by atoms with Gasteiger partial charge in [-0.2, -0.15) is 0 Å². The molecule has 194 valence electrons. The van der Waals surface area contributed by atoms with Gasteiger partial charge in [0.1, 0.15) is 5.76 Å². The van der Waals surface area contributed by atoms with Crippen LogP contribution in [0, 0.1) is 0 Å². The van der Waals surface area contributed by atoms with Gasteiger partial charge in [0.2, 0.25) is 4.80 Å². The van der Waals surface area contributed by atoms with E-state index in [4.69, 9.17) is 14.5 Å². The van der Waals surface area contributed by atoms with Crippen molar-refractivity contribution in [1.82, 2.24) is 4.98 Å². The Labute approximate surface area is 225 Å². The van der Waals surface area contributed by atoms with Gasteiger partial charge in [0.05, 0.1) is 19.9 Å². The first kappa shape index (κ1) is 26.5. The molecule has 1 heterocycles. The van der Waals surface area contributed by atoms with Crippen molar-refractivity contribution in [3.63, 3.8) is 0 Å². The zero-order valence-electron chi connectivity index (χ0n) is 21.0. The van der Waals surface area contributed by atoms with Crippen LogP contribution in [0.3, 0.4) is 0 Å². The van der Waals surface area contributed by atoms with Crippen LogP contribution in [0.5, 0.6) is 23.0 Å². The van der Waals surface area contributed by atoms with Gasteiger partial charge in [-0.15, -0.1) is 0 Å². The third kappa shape index (κ3) is 7.02. The lowest BCUT2D eigenvalue weighted by atomic mass is 10.1. The summed E-state index contributed by atoms with van der Waals surface area (Å²) >= 11 is 1.41. The highest BCUT2D eigenvalue weighted by atomic mass is 32.1. The number of rotatable bonds is 9. The number of phenols is 2. The second kappa shape index (κ2) is 12.6. The summed E-state index contributed by atoms with van der Waals surface area (Å²) in [5.41, 5.74) is 3.29. The molecule has 38 heavy (non-hydrogen) atoms. The van der Waals surface area contributed by atoms with Gasteiger partial charge in [0.25, 0.3) is 0 Å². The molecule has 0 saturated heterocycles. The number of methoxy groups -OCH3 is 2. The Hall–Kier alpha value is -4.56. The van der Waals surface area contributed by atoms with Crippen LogP contribution in [0.2, 0.25) is 0 Å². The molecule has 0 aliphatic carbocycles. The number of nitrogens with zero attached hydrogens (tertiary/aromatic N) is 2. The Morgan fingerprint density at radius 1 is 0.921 bits per heavy atom. The van der Waals surface area contributed by atoms with Crippen LogP contribution in [-0.2, 0) is 6.42 Å². The summed E-state index contributed by atoms with van der Waals surface area (Å²) < 4.78 is 10.4. The summed E-state index contributed by atoms with van der Waals surface area (Å²) in [5.74, 6) is 0.793. The highest BCUT2D eigenvalue weighted by Crippen LogP contribution is 2.32. The van der Waals surface area contributed by atoms with Crippen LogP contribution in [0.4, 0.5) is 0 Å². The number of aromatic nitrogens is 1. The fourth-order valence-electron chi connectivity index (χ4n) is 3.65. The summed E-state index contributed by atoms with van der Waals surface area (Å²) in [6.07, 6.45) is 5.58. The van der Waals surface area contributed by atoms with E-state index in [0.717, 1.165) is 22.4 Å². The Kier molecular flexibility index (Phi) is 8.79. The predicted octanol–water partition coefficient (Wildman–Crippen LogP) is 5.99. The van der Waals surface area contributed by atoms with Crippen LogP contribution in [0.15, 0.2) is 89.6 Å². The van der Waals surface area contributed by atoms with Gasteiger partial charge in [-0.1, -0.05) is 53.8 Å². The van der Waals surface area contributed by atoms with E-state index in [1.165, 1.54) is 37.2 Å². The summed E-state index contributed by atoms with van der Waals surface area (Å²) in [4.78, 5) is 10.7. The minimum atomic E-state index is -0.00906. The lowest BCUT2D eigenvalue weighted by molar-refractivity contribution is 0.373. The van der Waals surface area contributed by atoms with E-state index in [2.05, 4.69) is 17.1 Å². The van der Waals surface area contributed by atoms with Crippen LogP contribution in [0.1, 0.15) is 16.8 Å². The van der Waals surface area contributed by atoms with Crippen LogP contribution in [0.25, 0.3) is 22.6 Å².